The van der Waals surface area contributed by atoms with Gasteiger partial charge in [-0.2, -0.15) is 5.26 Å². The van der Waals surface area contributed by atoms with E-state index in [1.54, 1.807) is 18.2 Å². The third-order valence-electron chi connectivity index (χ3n) is 3.04. The fourth-order valence-electron chi connectivity index (χ4n) is 1.94. The van der Waals surface area contributed by atoms with Crippen molar-refractivity contribution >= 4 is 5.91 Å². The van der Waals surface area contributed by atoms with Crippen molar-refractivity contribution in [1.82, 2.24) is 10.2 Å². The molecule has 0 aliphatic carbocycles. The molecule has 0 spiro atoms. The van der Waals surface area contributed by atoms with Crippen molar-refractivity contribution in [3.05, 3.63) is 29.8 Å². The normalized spacial score (nSPS) is 10.2. The minimum Gasteiger partial charge on any atom is -0.494 e. The van der Waals surface area contributed by atoms with Crippen LogP contribution < -0.4 is 10.1 Å². The highest BCUT2D eigenvalue weighted by atomic mass is 16.5. The summed E-state index contributed by atoms with van der Waals surface area (Å²) < 4.78 is 5.62. The van der Waals surface area contributed by atoms with Gasteiger partial charge >= 0.3 is 0 Å². The Morgan fingerprint density at radius 1 is 1.43 bits per heavy atom. The highest BCUT2D eigenvalue weighted by molar-refractivity contribution is 5.77. The Hall–Kier alpha value is -2.06. The van der Waals surface area contributed by atoms with Crippen LogP contribution in [0.3, 0.4) is 0 Å². The Bertz CT molecular complexity index is 483. The summed E-state index contributed by atoms with van der Waals surface area (Å²) >= 11 is 0. The molecule has 5 nitrogen and oxygen atoms in total. The summed E-state index contributed by atoms with van der Waals surface area (Å²) in [6, 6.07) is 9.21. The Labute approximate surface area is 126 Å². The second-order valence-electron chi connectivity index (χ2n) is 4.66. The van der Waals surface area contributed by atoms with Gasteiger partial charge in [0.1, 0.15) is 5.75 Å². The van der Waals surface area contributed by atoms with Gasteiger partial charge in [-0.3, -0.25) is 9.69 Å². The summed E-state index contributed by atoms with van der Waals surface area (Å²) in [4.78, 5) is 13.6. The van der Waals surface area contributed by atoms with E-state index in [0.29, 0.717) is 31.0 Å². The van der Waals surface area contributed by atoms with Gasteiger partial charge in [-0.25, -0.2) is 0 Å². The zero-order chi connectivity index (χ0) is 15.5. The lowest BCUT2D eigenvalue weighted by Gasteiger charge is -2.19. The van der Waals surface area contributed by atoms with E-state index in [1.165, 1.54) is 0 Å². The molecule has 0 bridgehead atoms. The number of benzene rings is 1. The van der Waals surface area contributed by atoms with Crippen LogP contribution >= 0.6 is 0 Å². The largest absolute Gasteiger partial charge is 0.494 e. The van der Waals surface area contributed by atoms with Gasteiger partial charge in [0.25, 0.3) is 0 Å². The number of nitrogens with one attached hydrogen (secondary N) is 1. The van der Waals surface area contributed by atoms with Gasteiger partial charge in [0.15, 0.2) is 0 Å². The smallest absolute Gasteiger partial charge is 0.234 e. The molecule has 21 heavy (non-hydrogen) atoms. The number of amides is 1. The number of rotatable bonds is 9. The molecule has 0 atom stereocenters. The fraction of sp³-hybridized carbons (Fsp3) is 0.500. The van der Waals surface area contributed by atoms with E-state index >= 15 is 0 Å². The number of likely N-dealkylation sites (N-methyl/N-ethyl adjacent to an activating group) is 2. The predicted octanol–water partition coefficient (Wildman–Crippen LogP) is 1.79. The maximum absolute atomic E-state index is 11.5. The maximum Gasteiger partial charge on any atom is 0.234 e. The number of carbonyl (C=O) groups is 1. The Kier molecular flexibility index (Phi) is 7.92. The number of hydrogen-bond donors (Lipinski definition) is 1. The number of nitrogens with zero attached hydrogens (tertiary/aromatic N) is 2. The molecule has 1 rings (SSSR count). The average molecular weight is 289 g/mol. The second-order valence-corrected chi connectivity index (χ2v) is 4.66. The molecule has 1 N–H and O–H groups in total. The standard InChI is InChI=1S/C16H23N3O2/c1-3-18-16(20)13-19(4-2)9-6-10-21-15-8-5-7-14(11-15)12-17/h5,7-8,11H,3-4,6,9-10,13H2,1-2H3,(H,18,20). The molecule has 0 saturated carbocycles. The number of carbonyl (C=O) groups excluding carboxylic acids is 1. The first-order valence-corrected chi connectivity index (χ1v) is 7.31. The molecule has 0 aliphatic heterocycles. The van der Waals surface area contributed by atoms with Crippen molar-refractivity contribution in [3.8, 4) is 11.8 Å². The highest BCUT2D eigenvalue weighted by Gasteiger charge is 2.07. The van der Waals surface area contributed by atoms with E-state index in [2.05, 4.69) is 16.3 Å². The third-order valence-corrected chi connectivity index (χ3v) is 3.04. The first-order valence-electron chi connectivity index (χ1n) is 7.31. The average Bonchev–Trinajstić information content (AvgIpc) is 2.50. The number of ether oxygens (including phenoxy) is 1. The lowest BCUT2D eigenvalue weighted by atomic mass is 10.2. The van der Waals surface area contributed by atoms with Crippen LogP contribution in [0.25, 0.3) is 0 Å². The van der Waals surface area contributed by atoms with Crippen molar-refractivity contribution in [3.63, 3.8) is 0 Å². The lowest BCUT2D eigenvalue weighted by molar-refractivity contribution is -0.122. The van der Waals surface area contributed by atoms with Gasteiger partial charge < -0.3 is 10.1 Å². The second kappa shape index (κ2) is 9.78. The van der Waals surface area contributed by atoms with Gasteiger partial charge in [0.05, 0.1) is 24.8 Å². The molecule has 0 radical (unpaired) electrons. The quantitative estimate of drug-likeness (QED) is 0.704. The Balaban J connectivity index is 2.28. The summed E-state index contributed by atoms with van der Waals surface area (Å²) in [7, 11) is 0. The van der Waals surface area contributed by atoms with Crippen LogP contribution in [0.15, 0.2) is 24.3 Å². The van der Waals surface area contributed by atoms with Gasteiger partial charge in [0, 0.05) is 13.1 Å². The maximum atomic E-state index is 11.5. The molecular weight excluding hydrogens is 266 g/mol. The molecule has 1 aromatic rings. The minimum absolute atomic E-state index is 0.0574. The molecule has 114 valence electrons. The molecule has 0 fully saturated rings. The first kappa shape index (κ1) is 17.0. The highest BCUT2D eigenvalue weighted by Crippen LogP contribution is 2.12. The lowest BCUT2D eigenvalue weighted by Crippen LogP contribution is -2.37. The zero-order valence-electron chi connectivity index (χ0n) is 12.8. The summed E-state index contributed by atoms with van der Waals surface area (Å²) in [6.07, 6.45) is 0.837. The molecule has 5 heteroatoms. The van der Waals surface area contributed by atoms with Crippen molar-refractivity contribution in [1.29, 1.82) is 5.26 Å². The number of nitriles is 1. The SMILES string of the molecule is CCNC(=O)CN(CC)CCCOc1cccc(C#N)c1. The van der Waals surface area contributed by atoms with E-state index in [1.807, 2.05) is 19.9 Å². The molecule has 0 aliphatic rings. The topological polar surface area (TPSA) is 65.4 Å². The van der Waals surface area contributed by atoms with Crippen molar-refractivity contribution < 1.29 is 9.53 Å². The van der Waals surface area contributed by atoms with Crippen LogP contribution in [-0.2, 0) is 4.79 Å². The Morgan fingerprint density at radius 3 is 2.90 bits per heavy atom. The van der Waals surface area contributed by atoms with Crippen LogP contribution in [0, 0.1) is 11.3 Å². The van der Waals surface area contributed by atoms with Crippen molar-refractivity contribution in [2.45, 2.75) is 20.3 Å². The molecule has 1 amide bonds. The van der Waals surface area contributed by atoms with Crippen LogP contribution in [0.4, 0.5) is 0 Å². The van der Waals surface area contributed by atoms with Crippen LogP contribution in [0.1, 0.15) is 25.8 Å². The van der Waals surface area contributed by atoms with Crippen LogP contribution in [0.5, 0.6) is 5.75 Å². The monoisotopic (exact) mass is 289 g/mol. The molecular formula is C16H23N3O2. The molecule has 0 unspecified atom stereocenters. The number of hydrogen-bond acceptors (Lipinski definition) is 4. The molecule has 0 heterocycles. The molecule has 0 aromatic heterocycles. The predicted molar refractivity (Wildman–Crippen MR) is 82.1 cm³/mol. The van der Waals surface area contributed by atoms with Gasteiger partial charge in [-0.05, 0) is 38.1 Å². The summed E-state index contributed by atoms with van der Waals surface area (Å²) in [5.41, 5.74) is 0.596. The fourth-order valence-corrected chi connectivity index (χ4v) is 1.94. The van der Waals surface area contributed by atoms with Crippen LogP contribution in [-0.4, -0.2) is 43.6 Å². The van der Waals surface area contributed by atoms with E-state index in [0.717, 1.165) is 19.5 Å². The van der Waals surface area contributed by atoms with E-state index in [-0.39, 0.29) is 5.91 Å². The van der Waals surface area contributed by atoms with Gasteiger partial charge in [0.2, 0.25) is 5.91 Å². The summed E-state index contributed by atoms with van der Waals surface area (Å²) in [5, 5.41) is 11.6. The third kappa shape index (κ3) is 6.77. The molecule has 1 aromatic carbocycles. The first-order chi connectivity index (χ1) is 10.2. The summed E-state index contributed by atoms with van der Waals surface area (Å²) in [5.74, 6) is 0.766. The van der Waals surface area contributed by atoms with E-state index in [9.17, 15) is 4.79 Å². The van der Waals surface area contributed by atoms with Gasteiger partial charge in [-0.15, -0.1) is 0 Å². The van der Waals surface area contributed by atoms with Crippen LogP contribution in [0.2, 0.25) is 0 Å². The van der Waals surface area contributed by atoms with Gasteiger partial charge in [-0.1, -0.05) is 13.0 Å². The zero-order valence-corrected chi connectivity index (χ0v) is 12.8. The van der Waals surface area contributed by atoms with Crippen molar-refractivity contribution in [2.75, 3.05) is 32.8 Å². The Morgan fingerprint density at radius 2 is 2.24 bits per heavy atom. The summed E-state index contributed by atoms with van der Waals surface area (Å²) in [6.45, 7) is 7.25. The molecule has 0 saturated heterocycles. The van der Waals surface area contributed by atoms with Crippen molar-refractivity contribution in [2.24, 2.45) is 0 Å². The van der Waals surface area contributed by atoms with E-state index in [4.69, 9.17) is 10.00 Å². The van der Waals surface area contributed by atoms with E-state index < -0.39 is 0 Å². The minimum atomic E-state index is 0.0574.